The number of hydrogen-bond acceptors (Lipinski definition) is 3. The number of para-hydroxylation sites is 2. The van der Waals surface area contributed by atoms with Crippen LogP contribution in [-0.2, 0) is 11.4 Å². The first-order valence-corrected chi connectivity index (χ1v) is 9.12. The Hall–Kier alpha value is -2.29. The van der Waals surface area contributed by atoms with Gasteiger partial charge in [0, 0.05) is 24.7 Å². The summed E-state index contributed by atoms with van der Waals surface area (Å²) in [5.41, 5.74) is 5.11. The lowest BCUT2D eigenvalue weighted by Crippen LogP contribution is -2.04. The molecule has 25 heavy (non-hydrogen) atoms. The lowest BCUT2D eigenvalue weighted by Gasteiger charge is -2.15. The molecule has 0 spiro atoms. The van der Waals surface area contributed by atoms with E-state index in [1.54, 1.807) is 0 Å². The van der Waals surface area contributed by atoms with Gasteiger partial charge >= 0.3 is 0 Å². The van der Waals surface area contributed by atoms with E-state index in [9.17, 15) is 4.79 Å². The fraction of sp³-hybridized carbons (Fsp3) is 0.409. The summed E-state index contributed by atoms with van der Waals surface area (Å²) in [4.78, 5) is 9.40. The van der Waals surface area contributed by atoms with Crippen LogP contribution in [-0.4, -0.2) is 13.3 Å². The van der Waals surface area contributed by atoms with E-state index in [4.69, 9.17) is 4.74 Å². The number of carbonyl (C=O) groups excluding carboxylic acids is 1. The van der Waals surface area contributed by atoms with Crippen molar-refractivity contribution in [3.05, 3.63) is 59.2 Å². The van der Waals surface area contributed by atoms with Gasteiger partial charge in [0.2, 0.25) is 0 Å². The Kier molecular flexibility index (Phi) is 7.52. The third-order valence-corrected chi connectivity index (χ3v) is 4.33. The van der Waals surface area contributed by atoms with Crippen LogP contribution < -0.4 is 10.1 Å². The molecule has 0 amide bonds. The molecule has 0 atom stereocenters. The first-order valence-electron chi connectivity index (χ1n) is 9.12. The van der Waals surface area contributed by atoms with Crippen molar-refractivity contribution in [1.29, 1.82) is 0 Å². The van der Waals surface area contributed by atoms with Gasteiger partial charge in [0.05, 0.1) is 0 Å². The molecule has 0 heterocycles. The topological polar surface area (TPSA) is 38.3 Å². The second kappa shape index (κ2) is 9.87. The minimum absolute atomic E-state index is 0.613. The number of rotatable bonds is 7. The summed E-state index contributed by atoms with van der Waals surface area (Å²) in [6.07, 6.45) is 5.25. The van der Waals surface area contributed by atoms with Crippen LogP contribution in [0.2, 0.25) is 0 Å². The van der Waals surface area contributed by atoms with Gasteiger partial charge in [0.25, 0.3) is 0 Å². The Labute approximate surface area is 151 Å². The Balaban J connectivity index is 0.000000399. The molecule has 1 aliphatic rings. The van der Waals surface area contributed by atoms with Gasteiger partial charge < -0.3 is 14.8 Å². The van der Waals surface area contributed by atoms with E-state index in [2.05, 4.69) is 36.5 Å². The van der Waals surface area contributed by atoms with Crippen molar-refractivity contribution in [2.45, 2.75) is 52.1 Å². The average molecular weight is 339 g/mol. The van der Waals surface area contributed by atoms with Gasteiger partial charge in [-0.25, -0.2) is 0 Å². The van der Waals surface area contributed by atoms with E-state index < -0.39 is 0 Å². The largest absolute Gasteiger partial charge is 0.489 e. The molecule has 0 unspecified atom stereocenters. The van der Waals surface area contributed by atoms with E-state index in [-0.39, 0.29) is 0 Å². The molecule has 0 bridgehead atoms. The zero-order valence-electron chi connectivity index (χ0n) is 15.5. The lowest BCUT2D eigenvalue weighted by atomic mass is 10.0. The lowest BCUT2D eigenvalue weighted by molar-refractivity contribution is -0.107. The predicted octanol–water partition coefficient (Wildman–Crippen LogP) is 5.48. The highest BCUT2D eigenvalue weighted by Gasteiger charge is 2.26. The van der Waals surface area contributed by atoms with Crippen LogP contribution in [0.15, 0.2) is 42.5 Å². The molecule has 3 heteroatoms. The quantitative estimate of drug-likeness (QED) is 0.679. The van der Waals surface area contributed by atoms with E-state index >= 15 is 0 Å². The van der Waals surface area contributed by atoms with Crippen molar-refractivity contribution in [3.8, 4) is 5.75 Å². The highest BCUT2D eigenvalue weighted by Crippen LogP contribution is 2.44. The Morgan fingerprint density at radius 2 is 1.92 bits per heavy atom. The second-order valence-corrected chi connectivity index (χ2v) is 6.42. The maximum absolute atomic E-state index is 9.40. The smallest absolute Gasteiger partial charge is 0.122 e. The molecule has 0 saturated heterocycles. The van der Waals surface area contributed by atoms with Crippen molar-refractivity contribution < 1.29 is 9.53 Å². The standard InChI is InChI=1S/C18H21NO.C4H8O/c1-13-6-3-4-9-17(13)20-12-15-7-5-8-16(14-10-11-14)18(15)19-2;1-2-3-4-5/h3-9,14,19H,10-12H2,1-2H3;4H,2-3H2,1H3. The molecule has 134 valence electrons. The van der Waals surface area contributed by atoms with Crippen LogP contribution in [0.1, 0.15) is 55.2 Å². The van der Waals surface area contributed by atoms with E-state index in [0.717, 1.165) is 24.4 Å². The van der Waals surface area contributed by atoms with Crippen LogP contribution in [0.3, 0.4) is 0 Å². The van der Waals surface area contributed by atoms with Crippen LogP contribution >= 0.6 is 0 Å². The van der Waals surface area contributed by atoms with Gasteiger partial charge in [0.15, 0.2) is 0 Å². The molecule has 1 N–H and O–H groups in total. The van der Waals surface area contributed by atoms with Gasteiger partial charge in [-0.05, 0) is 49.3 Å². The molecule has 3 nitrogen and oxygen atoms in total. The Morgan fingerprint density at radius 1 is 1.16 bits per heavy atom. The minimum Gasteiger partial charge on any atom is -0.489 e. The molecule has 0 radical (unpaired) electrons. The van der Waals surface area contributed by atoms with Crippen molar-refractivity contribution in [1.82, 2.24) is 0 Å². The number of unbranched alkanes of at least 4 members (excludes halogenated alkanes) is 1. The van der Waals surface area contributed by atoms with Crippen molar-refractivity contribution in [2.75, 3.05) is 12.4 Å². The molecule has 1 fully saturated rings. The van der Waals surface area contributed by atoms with Gasteiger partial charge in [-0.15, -0.1) is 0 Å². The van der Waals surface area contributed by atoms with Crippen LogP contribution in [0, 0.1) is 6.92 Å². The zero-order chi connectivity index (χ0) is 18.1. The summed E-state index contributed by atoms with van der Waals surface area (Å²) >= 11 is 0. The minimum atomic E-state index is 0.613. The summed E-state index contributed by atoms with van der Waals surface area (Å²) < 4.78 is 5.98. The van der Waals surface area contributed by atoms with Crippen LogP contribution in [0.5, 0.6) is 5.75 Å². The molecule has 1 saturated carbocycles. The van der Waals surface area contributed by atoms with Crippen molar-refractivity contribution in [2.24, 2.45) is 0 Å². The first-order chi connectivity index (χ1) is 12.2. The summed E-state index contributed by atoms with van der Waals surface area (Å²) in [6, 6.07) is 14.7. The molecule has 0 aromatic heterocycles. The normalized spacial score (nSPS) is 12.8. The first kappa shape index (κ1) is 19.0. The fourth-order valence-corrected chi connectivity index (χ4v) is 2.77. The summed E-state index contributed by atoms with van der Waals surface area (Å²) in [6.45, 7) is 4.67. The maximum atomic E-state index is 9.40. The summed E-state index contributed by atoms with van der Waals surface area (Å²) in [5.74, 6) is 1.71. The monoisotopic (exact) mass is 339 g/mol. The van der Waals surface area contributed by atoms with Gasteiger partial charge in [-0.3, -0.25) is 0 Å². The Morgan fingerprint density at radius 3 is 2.48 bits per heavy atom. The maximum Gasteiger partial charge on any atom is 0.122 e. The zero-order valence-corrected chi connectivity index (χ0v) is 15.5. The van der Waals surface area contributed by atoms with E-state index in [1.165, 1.54) is 35.2 Å². The third kappa shape index (κ3) is 5.63. The predicted molar refractivity (Wildman–Crippen MR) is 104 cm³/mol. The number of ether oxygens (including phenoxy) is 1. The van der Waals surface area contributed by atoms with E-state index in [1.807, 2.05) is 32.2 Å². The third-order valence-electron chi connectivity index (χ3n) is 4.33. The molecule has 1 aliphatic carbocycles. The number of hydrogen-bond donors (Lipinski definition) is 1. The molecule has 0 aliphatic heterocycles. The second-order valence-electron chi connectivity index (χ2n) is 6.42. The molecule has 2 aromatic carbocycles. The van der Waals surface area contributed by atoms with Crippen LogP contribution in [0.25, 0.3) is 0 Å². The fourth-order valence-electron chi connectivity index (χ4n) is 2.77. The van der Waals surface area contributed by atoms with Crippen molar-refractivity contribution in [3.63, 3.8) is 0 Å². The average Bonchev–Trinajstić information content (AvgIpc) is 3.47. The van der Waals surface area contributed by atoms with Gasteiger partial charge in [-0.2, -0.15) is 0 Å². The summed E-state index contributed by atoms with van der Waals surface area (Å²) in [5, 5.41) is 3.36. The number of benzene rings is 2. The van der Waals surface area contributed by atoms with E-state index in [0.29, 0.717) is 13.0 Å². The molecule has 2 aromatic rings. The molecular formula is C22H29NO2. The van der Waals surface area contributed by atoms with Crippen molar-refractivity contribution >= 4 is 12.0 Å². The molecule has 3 rings (SSSR count). The SMILES string of the molecule is CCCC=O.CNc1c(COc2ccccc2C)cccc1C1CC1. The van der Waals surface area contributed by atoms with Gasteiger partial charge in [0.1, 0.15) is 18.6 Å². The Bertz CT molecular complexity index is 677. The number of aryl methyl sites for hydroxylation is 1. The summed E-state index contributed by atoms with van der Waals surface area (Å²) in [7, 11) is 2.00. The number of aldehydes is 1. The number of anilines is 1. The number of nitrogens with one attached hydrogen (secondary N) is 1. The van der Waals surface area contributed by atoms with Gasteiger partial charge in [-0.1, -0.05) is 43.3 Å². The highest BCUT2D eigenvalue weighted by atomic mass is 16.5. The highest BCUT2D eigenvalue weighted by molar-refractivity contribution is 5.59. The molecular weight excluding hydrogens is 310 g/mol. The van der Waals surface area contributed by atoms with Crippen LogP contribution in [0.4, 0.5) is 5.69 Å². The number of carbonyl (C=O) groups is 1.